The van der Waals surface area contributed by atoms with Gasteiger partial charge >= 0.3 is 6.09 Å². The molecule has 0 saturated heterocycles. The molecule has 1 unspecified atom stereocenters. The highest BCUT2D eigenvalue weighted by Gasteiger charge is 2.18. The second kappa shape index (κ2) is 13.1. The first kappa shape index (κ1) is 25.8. The van der Waals surface area contributed by atoms with Crippen LogP contribution >= 0.6 is 0 Å². The zero-order valence-corrected chi connectivity index (χ0v) is 19.9. The molecular weight excluding hydrogens is 382 g/mol. The Kier molecular flexibility index (Phi) is 11.3. The van der Waals surface area contributed by atoms with Crippen LogP contribution in [0.2, 0.25) is 0 Å². The molecule has 1 atom stereocenters. The molecule has 0 aliphatic heterocycles. The van der Waals surface area contributed by atoms with Gasteiger partial charge in [-0.3, -0.25) is 4.99 Å². The van der Waals surface area contributed by atoms with Crippen molar-refractivity contribution in [3.63, 3.8) is 0 Å². The molecule has 1 aromatic heterocycles. The molecule has 0 radical (unpaired) electrons. The van der Waals surface area contributed by atoms with Crippen LogP contribution in [0.25, 0.3) is 0 Å². The van der Waals surface area contributed by atoms with Gasteiger partial charge in [0.2, 0.25) is 0 Å². The van der Waals surface area contributed by atoms with Gasteiger partial charge in [0.25, 0.3) is 0 Å². The van der Waals surface area contributed by atoms with E-state index in [2.05, 4.69) is 28.0 Å². The van der Waals surface area contributed by atoms with Crippen molar-refractivity contribution in [2.75, 3.05) is 19.6 Å². The Balaban J connectivity index is 2.61. The van der Waals surface area contributed by atoms with Crippen LogP contribution in [-0.2, 0) is 11.2 Å². The predicted octanol–water partition coefficient (Wildman–Crippen LogP) is 3.86. The van der Waals surface area contributed by atoms with E-state index in [1.807, 2.05) is 41.5 Å². The Morgan fingerprint density at radius 2 is 1.93 bits per heavy atom. The van der Waals surface area contributed by atoms with Gasteiger partial charge in [0.15, 0.2) is 5.96 Å². The molecule has 8 nitrogen and oxygen atoms in total. The van der Waals surface area contributed by atoms with E-state index in [0.29, 0.717) is 13.1 Å². The van der Waals surface area contributed by atoms with Crippen LogP contribution in [0.3, 0.4) is 0 Å². The summed E-state index contributed by atoms with van der Waals surface area (Å²) >= 11 is 0. The number of unbranched alkanes of at least 4 members (excludes halogenated alkanes) is 1. The Morgan fingerprint density at radius 3 is 2.50 bits per heavy atom. The number of guanidine groups is 1. The lowest BCUT2D eigenvalue weighted by molar-refractivity contribution is 0.0522. The van der Waals surface area contributed by atoms with Crippen molar-refractivity contribution >= 4 is 12.1 Å². The van der Waals surface area contributed by atoms with Gasteiger partial charge in [-0.1, -0.05) is 24.9 Å². The largest absolute Gasteiger partial charge is 0.444 e. The van der Waals surface area contributed by atoms with Crippen molar-refractivity contribution in [1.29, 1.82) is 0 Å². The number of alkyl carbamates (subject to hydrolysis) is 1. The molecule has 0 aliphatic carbocycles. The SMILES string of the molecule is CCCCC(CNC(=O)OC(C)(C)C)NC(=NCCCc1c(C)noc1C)NCC. The molecule has 0 spiro atoms. The Bertz CT molecular complexity index is 645. The Morgan fingerprint density at radius 1 is 1.20 bits per heavy atom. The van der Waals surface area contributed by atoms with Gasteiger partial charge in [-0.05, 0) is 60.8 Å². The number of carbonyl (C=O) groups is 1. The van der Waals surface area contributed by atoms with Crippen LogP contribution in [0.15, 0.2) is 9.52 Å². The monoisotopic (exact) mass is 423 g/mol. The van der Waals surface area contributed by atoms with E-state index in [0.717, 1.165) is 56.1 Å². The number of hydrogen-bond acceptors (Lipinski definition) is 5. The predicted molar refractivity (Wildman–Crippen MR) is 121 cm³/mol. The van der Waals surface area contributed by atoms with Gasteiger partial charge < -0.3 is 25.2 Å². The third-order valence-corrected chi connectivity index (χ3v) is 4.52. The maximum absolute atomic E-state index is 12.0. The Labute approximate surface area is 181 Å². The van der Waals surface area contributed by atoms with Gasteiger partial charge in [-0.15, -0.1) is 0 Å². The molecule has 1 aromatic rings. The number of carbonyl (C=O) groups excluding carboxylic acids is 1. The third-order valence-electron chi connectivity index (χ3n) is 4.52. The third kappa shape index (κ3) is 10.5. The molecule has 30 heavy (non-hydrogen) atoms. The van der Waals surface area contributed by atoms with E-state index in [1.165, 1.54) is 5.56 Å². The first-order valence-corrected chi connectivity index (χ1v) is 11.1. The summed E-state index contributed by atoms with van der Waals surface area (Å²) in [5.74, 6) is 1.65. The lowest BCUT2D eigenvalue weighted by Crippen LogP contribution is -2.49. The van der Waals surface area contributed by atoms with E-state index in [-0.39, 0.29) is 6.04 Å². The topological polar surface area (TPSA) is 101 Å². The van der Waals surface area contributed by atoms with Crippen molar-refractivity contribution in [2.24, 2.45) is 4.99 Å². The molecule has 1 amide bonds. The highest BCUT2D eigenvalue weighted by molar-refractivity contribution is 5.80. The van der Waals surface area contributed by atoms with Crippen LogP contribution in [-0.4, -0.2) is 48.5 Å². The van der Waals surface area contributed by atoms with Crippen LogP contribution in [0.4, 0.5) is 4.79 Å². The molecule has 0 fully saturated rings. The smallest absolute Gasteiger partial charge is 0.407 e. The summed E-state index contributed by atoms with van der Waals surface area (Å²) in [5, 5.41) is 13.6. The molecular formula is C22H41N5O3. The fraction of sp³-hybridized carbons (Fsp3) is 0.773. The number of nitrogens with one attached hydrogen (secondary N) is 3. The molecule has 172 valence electrons. The van der Waals surface area contributed by atoms with Crippen molar-refractivity contribution in [3.8, 4) is 0 Å². The molecule has 0 aliphatic rings. The molecule has 8 heteroatoms. The van der Waals surface area contributed by atoms with Gasteiger partial charge in [0, 0.05) is 31.2 Å². The Hall–Kier alpha value is -2.25. The second-order valence-electron chi connectivity index (χ2n) is 8.53. The highest BCUT2D eigenvalue weighted by atomic mass is 16.6. The van der Waals surface area contributed by atoms with Gasteiger partial charge in [0.1, 0.15) is 11.4 Å². The normalized spacial score (nSPS) is 13.1. The van der Waals surface area contributed by atoms with E-state index in [4.69, 9.17) is 14.3 Å². The lowest BCUT2D eigenvalue weighted by Gasteiger charge is -2.24. The summed E-state index contributed by atoms with van der Waals surface area (Å²) in [7, 11) is 0. The number of aromatic nitrogens is 1. The van der Waals surface area contributed by atoms with E-state index in [1.54, 1.807) is 0 Å². The summed E-state index contributed by atoms with van der Waals surface area (Å²) in [4.78, 5) is 16.7. The first-order valence-electron chi connectivity index (χ1n) is 11.1. The zero-order valence-electron chi connectivity index (χ0n) is 19.9. The van der Waals surface area contributed by atoms with Crippen LogP contribution < -0.4 is 16.0 Å². The van der Waals surface area contributed by atoms with Crippen LogP contribution in [0.5, 0.6) is 0 Å². The molecule has 3 N–H and O–H groups in total. The van der Waals surface area contributed by atoms with Crippen molar-refractivity contribution < 1.29 is 14.1 Å². The summed E-state index contributed by atoms with van der Waals surface area (Å²) in [6.07, 6.45) is 4.51. The zero-order chi connectivity index (χ0) is 22.6. The van der Waals surface area contributed by atoms with Crippen LogP contribution in [0.1, 0.15) is 77.3 Å². The van der Waals surface area contributed by atoms with Crippen molar-refractivity contribution in [3.05, 3.63) is 17.0 Å². The fourth-order valence-corrected chi connectivity index (χ4v) is 3.02. The van der Waals surface area contributed by atoms with Crippen molar-refractivity contribution in [2.45, 2.75) is 92.2 Å². The number of aryl methyl sites for hydroxylation is 2. The summed E-state index contributed by atoms with van der Waals surface area (Å²) in [6.45, 7) is 15.6. The van der Waals surface area contributed by atoms with E-state index >= 15 is 0 Å². The highest BCUT2D eigenvalue weighted by Crippen LogP contribution is 2.14. The van der Waals surface area contributed by atoms with E-state index < -0.39 is 11.7 Å². The number of hydrogen-bond donors (Lipinski definition) is 3. The maximum atomic E-state index is 12.0. The standard InChI is InChI=1S/C22H41N5O3/c1-8-10-12-18(15-25-21(28)29-22(5,6)7)26-20(23-9-2)24-14-11-13-19-16(3)27-30-17(19)4/h18H,8-15H2,1-7H3,(H,25,28)(H2,23,24,26). The lowest BCUT2D eigenvalue weighted by atomic mass is 10.1. The number of amides is 1. The molecule has 0 saturated carbocycles. The molecule has 1 heterocycles. The van der Waals surface area contributed by atoms with Crippen LogP contribution in [0, 0.1) is 13.8 Å². The molecule has 0 aromatic carbocycles. The molecule has 0 bridgehead atoms. The first-order chi connectivity index (χ1) is 14.2. The average molecular weight is 424 g/mol. The average Bonchev–Trinajstić information content (AvgIpc) is 2.97. The summed E-state index contributed by atoms with van der Waals surface area (Å²) in [5.41, 5.74) is 1.62. The minimum absolute atomic E-state index is 0.0813. The van der Waals surface area contributed by atoms with Crippen molar-refractivity contribution in [1.82, 2.24) is 21.1 Å². The summed E-state index contributed by atoms with van der Waals surface area (Å²) in [6, 6.07) is 0.0813. The minimum atomic E-state index is -0.506. The molecule has 1 rings (SSSR count). The second-order valence-corrected chi connectivity index (χ2v) is 8.53. The van der Waals surface area contributed by atoms with E-state index in [9.17, 15) is 4.79 Å². The quantitative estimate of drug-likeness (QED) is 0.284. The number of nitrogens with zero attached hydrogens (tertiary/aromatic N) is 2. The summed E-state index contributed by atoms with van der Waals surface area (Å²) < 4.78 is 10.6. The van der Waals surface area contributed by atoms with Gasteiger partial charge in [-0.2, -0.15) is 0 Å². The number of aliphatic imine (C=N–C) groups is 1. The van der Waals surface area contributed by atoms with Gasteiger partial charge in [0.05, 0.1) is 5.69 Å². The van der Waals surface area contributed by atoms with Gasteiger partial charge in [-0.25, -0.2) is 4.79 Å². The fourth-order valence-electron chi connectivity index (χ4n) is 3.02. The number of rotatable bonds is 11. The number of ether oxygens (including phenoxy) is 1. The maximum Gasteiger partial charge on any atom is 0.407 e. The minimum Gasteiger partial charge on any atom is -0.444 e.